The smallest absolute Gasteiger partial charge is 0.269 e. The first-order valence-electron chi connectivity index (χ1n) is 9.77. The summed E-state index contributed by atoms with van der Waals surface area (Å²) in [6.45, 7) is 0. The van der Waals surface area contributed by atoms with Gasteiger partial charge in [-0.3, -0.25) is 19.7 Å². The zero-order valence-corrected chi connectivity index (χ0v) is 17.9. The molecule has 1 saturated carbocycles. The third kappa shape index (κ3) is 5.76. The minimum atomic E-state index is -0.487. The van der Waals surface area contributed by atoms with Crippen molar-refractivity contribution in [2.75, 3.05) is 0 Å². The van der Waals surface area contributed by atoms with Gasteiger partial charge in [0.15, 0.2) is 0 Å². The van der Waals surface area contributed by atoms with Crippen LogP contribution in [0.25, 0.3) is 6.08 Å². The molecule has 2 aromatic carbocycles. The van der Waals surface area contributed by atoms with Crippen molar-refractivity contribution in [3.05, 3.63) is 79.9 Å². The van der Waals surface area contributed by atoms with Crippen molar-refractivity contribution >= 4 is 39.5 Å². The summed E-state index contributed by atoms with van der Waals surface area (Å²) in [6.07, 6.45) is 6.64. The van der Waals surface area contributed by atoms with Gasteiger partial charge in [0.05, 0.1) is 10.5 Å². The normalized spacial score (nSPS) is 14.8. The summed E-state index contributed by atoms with van der Waals surface area (Å²) in [7, 11) is 0. The van der Waals surface area contributed by atoms with Gasteiger partial charge in [0.1, 0.15) is 5.70 Å². The highest BCUT2D eigenvalue weighted by Crippen LogP contribution is 2.20. The zero-order chi connectivity index (χ0) is 21.5. The Morgan fingerprint density at radius 3 is 2.33 bits per heavy atom. The Morgan fingerprint density at radius 2 is 1.70 bits per heavy atom. The first-order valence-corrected chi connectivity index (χ1v) is 10.6. The number of carbonyl (C=O) groups excluding carboxylic acids is 2. The van der Waals surface area contributed by atoms with Crippen LogP contribution in [0.15, 0.2) is 58.7 Å². The van der Waals surface area contributed by atoms with Gasteiger partial charge in [0, 0.05) is 22.6 Å². The summed E-state index contributed by atoms with van der Waals surface area (Å²) in [5, 5.41) is 16.6. The maximum atomic E-state index is 12.9. The summed E-state index contributed by atoms with van der Waals surface area (Å²) in [5.41, 5.74) is 1.02. The van der Waals surface area contributed by atoms with Crippen LogP contribution in [0.5, 0.6) is 0 Å². The Morgan fingerprint density at radius 1 is 1.03 bits per heavy atom. The Bertz CT molecular complexity index is 967. The van der Waals surface area contributed by atoms with Crippen molar-refractivity contribution in [2.45, 2.75) is 38.1 Å². The van der Waals surface area contributed by atoms with Gasteiger partial charge in [-0.1, -0.05) is 31.4 Å². The molecule has 0 atom stereocenters. The molecule has 2 amide bonds. The molecule has 8 heteroatoms. The molecular formula is C22H22BrN3O4. The molecule has 0 bridgehead atoms. The van der Waals surface area contributed by atoms with Crippen molar-refractivity contribution < 1.29 is 14.5 Å². The Kier molecular flexibility index (Phi) is 7.35. The van der Waals surface area contributed by atoms with E-state index < -0.39 is 10.8 Å². The minimum absolute atomic E-state index is 0.0439. The standard InChI is InChI=1S/C22H22BrN3O4/c23-19-9-5-4-8-18(19)21(27)25-20(22(28)24-16-6-2-1-3-7-16)14-15-10-12-17(13-11-15)26(29)30/h4-5,8-14,16H,1-3,6-7H2,(H,24,28)(H,25,27). The summed E-state index contributed by atoms with van der Waals surface area (Å²) in [4.78, 5) is 36.1. The van der Waals surface area contributed by atoms with Crippen LogP contribution in [0, 0.1) is 10.1 Å². The minimum Gasteiger partial charge on any atom is -0.348 e. The molecule has 3 rings (SSSR count). The number of amides is 2. The molecule has 0 aromatic heterocycles. The number of carbonyl (C=O) groups is 2. The van der Waals surface area contributed by atoms with Crippen molar-refractivity contribution in [3.63, 3.8) is 0 Å². The third-order valence-corrected chi connectivity index (χ3v) is 5.66. The molecule has 30 heavy (non-hydrogen) atoms. The summed E-state index contributed by atoms with van der Waals surface area (Å²) in [5.74, 6) is -0.796. The van der Waals surface area contributed by atoms with E-state index >= 15 is 0 Å². The van der Waals surface area contributed by atoms with Crippen LogP contribution in [-0.2, 0) is 4.79 Å². The number of halogens is 1. The molecule has 0 radical (unpaired) electrons. The molecule has 1 aliphatic rings. The Hall–Kier alpha value is -3.00. The molecule has 2 N–H and O–H groups in total. The van der Waals surface area contributed by atoms with Gasteiger partial charge in [-0.25, -0.2) is 0 Å². The molecule has 7 nitrogen and oxygen atoms in total. The molecule has 0 unspecified atom stereocenters. The maximum absolute atomic E-state index is 12.9. The van der Waals surface area contributed by atoms with E-state index in [4.69, 9.17) is 0 Å². The summed E-state index contributed by atoms with van der Waals surface area (Å²) < 4.78 is 0.616. The highest BCUT2D eigenvalue weighted by molar-refractivity contribution is 9.10. The van der Waals surface area contributed by atoms with Gasteiger partial charge in [0.2, 0.25) is 0 Å². The number of non-ortho nitro benzene ring substituents is 1. The van der Waals surface area contributed by atoms with E-state index in [0.29, 0.717) is 15.6 Å². The summed E-state index contributed by atoms with van der Waals surface area (Å²) >= 11 is 3.35. The number of nitro groups is 1. The van der Waals surface area contributed by atoms with E-state index in [1.165, 1.54) is 30.3 Å². The number of benzene rings is 2. The second-order valence-electron chi connectivity index (χ2n) is 7.15. The Labute approximate surface area is 182 Å². The molecule has 1 aliphatic carbocycles. The van der Waals surface area contributed by atoms with E-state index in [-0.39, 0.29) is 23.3 Å². The van der Waals surface area contributed by atoms with Gasteiger partial charge in [-0.05, 0) is 64.7 Å². The third-order valence-electron chi connectivity index (χ3n) is 4.97. The zero-order valence-electron chi connectivity index (χ0n) is 16.3. The number of rotatable bonds is 6. The van der Waals surface area contributed by atoms with Gasteiger partial charge in [0.25, 0.3) is 17.5 Å². The van der Waals surface area contributed by atoms with Crippen molar-refractivity contribution in [1.29, 1.82) is 0 Å². The van der Waals surface area contributed by atoms with Crippen LogP contribution in [0.3, 0.4) is 0 Å². The van der Waals surface area contributed by atoms with E-state index in [2.05, 4.69) is 26.6 Å². The van der Waals surface area contributed by atoms with Crippen molar-refractivity contribution in [1.82, 2.24) is 10.6 Å². The van der Waals surface area contributed by atoms with E-state index in [9.17, 15) is 19.7 Å². The van der Waals surface area contributed by atoms with Gasteiger partial charge < -0.3 is 10.6 Å². The first kappa shape index (κ1) is 21.7. The second kappa shape index (κ2) is 10.2. The fourth-order valence-electron chi connectivity index (χ4n) is 3.36. The van der Waals surface area contributed by atoms with E-state index in [1.54, 1.807) is 24.3 Å². The van der Waals surface area contributed by atoms with Crippen LogP contribution >= 0.6 is 15.9 Å². The van der Waals surface area contributed by atoms with Gasteiger partial charge in [-0.15, -0.1) is 0 Å². The van der Waals surface area contributed by atoms with Crippen LogP contribution in [0.2, 0.25) is 0 Å². The molecular weight excluding hydrogens is 450 g/mol. The number of nitrogens with zero attached hydrogens (tertiary/aromatic N) is 1. The SMILES string of the molecule is O=C(NC1CCCCC1)C(=Cc1ccc([N+](=O)[O-])cc1)NC(=O)c1ccccc1Br. The Balaban J connectivity index is 1.85. The van der Waals surface area contributed by atoms with Gasteiger partial charge >= 0.3 is 0 Å². The van der Waals surface area contributed by atoms with Crippen LogP contribution in [-0.4, -0.2) is 22.8 Å². The molecule has 0 aliphatic heterocycles. The second-order valence-corrected chi connectivity index (χ2v) is 8.00. The average Bonchev–Trinajstić information content (AvgIpc) is 2.74. The molecule has 2 aromatic rings. The van der Waals surface area contributed by atoms with Crippen LogP contribution in [0.4, 0.5) is 5.69 Å². The number of nitrogens with one attached hydrogen (secondary N) is 2. The fourth-order valence-corrected chi connectivity index (χ4v) is 3.83. The van der Waals surface area contributed by atoms with Crippen LogP contribution in [0.1, 0.15) is 48.0 Å². The van der Waals surface area contributed by atoms with Crippen molar-refractivity contribution in [3.8, 4) is 0 Å². The summed E-state index contributed by atoms with van der Waals surface area (Å²) in [6, 6.07) is 12.8. The van der Waals surface area contributed by atoms with E-state index in [1.807, 2.05) is 0 Å². The lowest BCUT2D eigenvalue weighted by Gasteiger charge is -2.23. The molecule has 1 fully saturated rings. The highest BCUT2D eigenvalue weighted by Gasteiger charge is 2.21. The number of hydrogen-bond donors (Lipinski definition) is 2. The topological polar surface area (TPSA) is 101 Å². The van der Waals surface area contributed by atoms with Crippen LogP contribution < -0.4 is 10.6 Å². The lowest BCUT2D eigenvalue weighted by atomic mass is 9.95. The highest BCUT2D eigenvalue weighted by atomic mass is 79.9. The molecule has 0 heterocycles. The predicted octanol–water partition coefficient (Wildman–Crippen LogP) is 4.58. The van der Waals surface area contributed by atoms with E-state index in [0.717, 1.165) is 32.1 Å². The van der Waals surface area contributed by atoms with Crippen molar-refractivity contribution in [2.24, 2.45) is 0 Å². The first-order chi connectivity index (χ1) is 14.4. The predicted molar refractivity (Wildman–Crippen MR) is 118 cm³/mol. The molecule has 0 saturated heterocycles. The average molecular weight is 472 g/mol. The molecule has 156 valence electrons. The lowest BCUT2D eigenvalue weighted by Crippen LogP contribution is -2.41. The lowest BCUT2D eigenvalue weighted by molar-refractivity contribution is -0.384. The number of nitro benzene ring substituents is 1. The fraction of sp³-hybridized carbons (Fsp3) is 0.273. The largest absolute Gasteiger partial charge is 0.348 e. The van der Waals surface area contributed by atoms with Gasteiger partial charge in [-0.2, -0.15) is 0 Å². The number of hydrogen-bond acceptors (Lipinski definition) is 4. The quantitative estimate of drug-likeness (QED) is 0.365. The maximum Gasteiger partial charge on any atom is 0.269 e. The molecule has 0 spiro atoms. The monoisotopic (exact) mass is 471 g/mol.